The highest BCUT2D eigenvalue weighted by molar-refractivity contribution is 5.95. The second-order valence-electron chi connectivity index (χ2n) is 9.00. The molecule has 1 aromatic heterocycles. The lowest BCUT2D eigenvalue weighted by Gasteiger charge is -2.32. The van der Waals surface area contributed by atoms with Crippen LogP contribution in [0.25, 0.3) is 22.5 Å². The van der Waals surface area contributed by atoms with Crippen molar-refractivity contribution in [2.24, 2.45) is 0 Å². The van der Waals surface area contributed by atoms with Crippen LogP contribution in [-0.4, -0.2) is 40.9 Å². The summed E-state index contributed by atoms with van der Waals surface area (Å²) in [5.74, 6) is 1.72. The minimum Gasteiger partial charge on any atom is -0.359 e. The molecule has 0 bridgehead atoms. The topological polar surface area (TPSA) is 49.3 Å². The fourth-order valence-corrected chi connectivity index (χ4v) is 4.66. The summed E-state index contributed by atoms with van der Waals surface area (Å²) < 4.78 is 0. The van der Waals surface area contributed by atoms with Gasteiger partial charge in [0.2, 0.25) is 0 Å². The van der Waals surface area contributed by atoms with E-state index in [0.717, 1.165) is 59.0 Å². The third kappa shape index (κ3) is 4.80. The zero-order valence-corrected chi connectivity index (χ0v) is 20.3. The Morgan fingerprint density at radius 1 is 0.857 bits per heavy atom. The largest absolute Gasteiger partial charge is 0.359 e. The third-order valence-corrected chi connectivity index (χ3v) is 6.52. The van der Waals surface area contributed by atoms with E-state index in [9.17, 15) is 4.79 Å². The lowest BCUT2D eigenvalue weighted by molar-refractivity contribution is 0.0733. The summed E-state index contributed by atoms with van der Waals surface area (Å²) in [6, 6.07) is 28.2. The molecule has 3 aromatic carbocycles. The van der Waals surface area contributed by atoms with E-state index in [2.05, 4.69) is 31.0 Å². The monoisotopic (exact) mass is 462 g/mol. The molecule has 0 N–H and O–H groups in total. The molecule has 0 radical (unpaired) electrons. The Hall–Kier alpha value is -3.99. The maximum absolute atomic E-state index is 13.4. The zero-order valence-electron chi connectivity index (χ0n) is 20.3. The Balaban J connectivity index is 1.43. The SMILES string of the molecule is CCCN(C)c1nc(-c2ccccc2)nc2c1CN(C(=O)c1ccc(-c3ccccc3)cc1)CC2. The predicted molar refractivity (Wildman–Crippen MR) is 141 cm³/mol. The Kier molecular flexibility index (Phi) is 6.57. The van der Waals surface area contributed by atoms with Crippen molar-refractivity contribution in [2.75, 3.05) is 25.0 Å². The molecule has 2 heterocycles. The summed E-state index contributed by atoms with van der Waals surface area (Å²) in [6.07, 6.45) is 1.74. The first-order chi connectivity index (χ1) is 17.1. The number of nitrogens with zero attached hydrogens (tertiary/aromatic N) is 4. The first-order valence-corrected chi connectivity index (χ1v) is 12.2. The quantitative estimate of drug-likeness (QED) is 0.360. The second kappa shape index (κ2) is 10.1. The van der Waals surface area contributed by atoms with Crippen molar-refractivity contribution in [3.8, 4) is 22.5 Å². The molecule has 0 spiro atoms. The molecule has 0 fully saturated rings. The van der Waals surface area contributed by atoms with Gasteiger partial charge in [0.1, 0.15) is 5.82 Å². The van der Waals surface area contributed by atoms with Crippen LogP contribution in [0.4, 0.5) is 5.82 Å². The Morgan fingerprint density at radius 2 is 1.49 bits per heavy atom. The van der Waals surface area contributed by atoms with E-state index < -0.39 is 0 Å². The molecule has 1 aliphatic heterocycles. The summed E-state index contributed by atoms with van der Waals surface area (Å²) in [4.78, 5) is 27.4. The molecular formula is C30H30N4O. The van der Waals surface area contributed by atoms with Gasteiger partial charge in [0.05, 0.1) is 12.2 Å². The molecule has 0 atom stereocenters. The van der Waals surface area contributed by atoms with E-state index in [0.29, 0.717) is 18.7 Å². The highest BCUT2D eigenvalue weighted by atomic mass is 16.2. The fraction of sp³-hybridized carbons (Fsp3) is 0.233. The Labute approximate surface area is 207 Å². The predicted octanol–water partition coefficient (Wildman–Crippen LogP) is 5.86. The number of fused-ring (bicyclic) bond motifs is 1. The van der Waals surface area contributed by atoms with Gasteiger partial charge >= 0.3 is 0 Å². The minimum absolute atomic E-state index is 0.0477. The van der Waals surface area contributed by atoms with Crippen LogP contribution in [0.2, 0.25) is 0 Å². The van der Waals surface area contributed by atoms with Gasteiger partial charge < -0.3 is 9.80 Å². The molecule has 5 nitrogen and oxygen atoms in total. The number of rotatable bonds is 6. The van der Waals surface area contributed by atoms with Gasteiger partial charge in [0.15, 0.2) is 5.82 Å². The Morgan fingerprint density at radius 3 is 2.14 bits per heavy atom. The smallest absolute Gasteiger partial charge is 0.254 e. The molecule has 5 heteroatoms. The molecule has 0 saturated carbocycles. The van der Waals surface area contributed by atoms with E-state index in [4.69, 9.17) is 9.97 Å². The zero-order chi connectivity index (χ0) is 24.2. The van der Waals surface area contributed by atoms with Crippen LogP contribution in [0.15, 0.2) is 84.9 Å². The van der Waals surface area contributed by atoms with Gasteiger partial charge in [-0.2, -0.15) is 0 Å². The number of hydrogen-bond donors (Lipinski definition) is 0. The van der Waals surface area contributed by atoms with Crippen LogP contribution in [0.1, 0.15) is 35.0 Å². The molecule has 0 saturated heterocycles. The number of carbonyl (C=O) groups excluding carboxylic acids is 1. The molecule has 176 valence electrons. The van der Waals surface area contributed by atoms with Crippen LogP contribution in [0.5, 0.6) is 0 Å². The van der Waals surface area contributed by atoms with Crippen molar-refractivity contribution in [1.82, 2.24) is 14.9 Å². The number of hydrogen-bond acceptors (Lipinski definition) is 4. The molecular weight excluding hydrogens is 432 g/mol. The normalized spacial score (nSPS) is 12.8. The van der Waals surface area contributed by atoms with Gasteiger partial charge in [-0.25, -0.2) is 9.97 Å². The van der Waals surface area contributed by atoms with Crippen LogP contribution >= 0.6 is 0 Å². The number of benzene rings is 3. The maximum Gasteiger partial charge on any atom is 0.254 e. The van der Waals surface area contributed by atoms with Crippen LogP contribution < -0.4 is 4.90 Å². The number of carbonyl (C=O) groups is 1. The van der Waals surface area contributed by atoms with Gasteiger partial charge in [-0.15, -0.1) is 0 Å². The summed E-state index contributed by atoms with van der Waals surface area (Å²) in [5, 5.41) is 0. The Bertz CT molecular complexity index is 1300. The average Bonchev–Trinajstić information content (AvgIpc) is 2.93. The van der Waals surface area contributed by atoms with E-state index in [1.807, 2.05) is 77.7 Å². The summed E-state index contributed by atoms with van der Waals surface area (Å²) in [6.45, 7) is 4.23. The first kappa shape index (κ1) is 22.8. The fourth-order valence-electron chi connectivity index (χ4n) is 4.66. The molecule has 5 rings (SSSR count). The molecule has 1 aliphatic rings. The number of aromatic nitrogens is 2. The van der Waals surface area contributed by atoms with Crippen LogP contribution in [0, 0.1) is 0 Å². The average molecular weight is 463 g/mol. The standard InChI is InChI=1S/C30H30N4O/c1-3-19-33(2)29-26-21-34(20-18-27(26)31-28(32-29)24-12-8-5-9-13-24)30(35)25-16-14-23(15-17-25)22-10-6-4-7-11-22/h4-17H,3,18-21H2,1-2H3. The number of anilines is 1. The van der Waals surface area contributed by atoms with Crippen molar-refractivity contribution in [2.45, 2.75) is 26.3 Å². The summed E-state index contributed by atoms with van der Waals surface area (Å²) >= 11 is 0. The summed E-state index contributed by atoms with van der Waals surface area (Å²) in [7, 11) is 2.07. The molecule has 0 aliphatic carbocycles. The van der Waals surface area contributed by atoms with Crippen LogP contribution in [0.3, 0.4) is 0 Å². The molecule has 35 heavy (non-hydrogen) atoms. The van der Waals surface area contributed by atoms with Gasteiger partial charge in [0.25, 0.3) is 5.91 Å². The maximum atomic E-state index is 13.4. The van der Waals surface area contributed by atoms with Crippen LogP contribution in [-0.2, 0) is 13.0 Å². The summed E-state index contributed by atoms with van der Waals surface area (Å²) in [5.41, 5.74) is 6.07. The van der Waals surface area contributed by atoms with E-state index in [-0.39, 0.29) is 5.91 Å². The lowest BCUT2D eigenvalue weighted by atomic mass is 10.0. The van der Waals surface area contributed by atoms with E-state index in [1.54, 1.807) is 0 Å². The van der Waals surface area contributed by atoms with Crippen molar-refractivity contribution >= 4 is 11.7 Å². The van der Waals surface area contributed by atoms with Crippen molar-refractivity contribution in [3.05, 3.63) is 102 Å². The third-order valence-electron chi connectivity index (χ3n) is 6.52. The van der Waals surface area contributed by atoms with Gasteiger partial charge in [-0.05, 0) is 29.7 Å². The van der Waals surface area contributed by atoms with Crippen molar-refractivity contribution in [3.63, 3.8) is 0 Å². The van der Waals surface area contributed by atoms with E-state index >= 15 is 0 Å². The second-order valence-corrected chi connectivity index (χ2v) is 9.00. The van der Waals surface area contributed by atoms with Gasteiger partial charge in [-0.1, -0.05) is 79.7 Å². The van der Waals surface area contributed by atoms with Gasteiger partial charge in [-0.3, -0.25) is 4.79 Å². The van der Waals surface area contributed by atoms with Gasteiger partial charge in [0, 0.05) is 43.2 Å². The molecule has 4 aromatic rings. The van der Waals surface area contributed by atoms with Crippen molar-refractivity contribution in [1.29, 1.82) is 0 Å². The number of amides is 1. The highest BCUT2D eigenvalue weighted by Crippen LogP contribution is 2.30. The minimum atomic E-state index is 0.0477. The molecule has 1 amide bonds. The highest BCUT2D eigenvalue weighted by Gasteiger charge is 2.27. The first-order valence-electron chi connectivity index (χ1n) is 12.2. The lowest BCUT2D eigenvalue weighted by Crippen LogP contribution is -2.38. The van der Waals surface area contributed by atoms with Crippen molar-refractivity contribution < 1.29 is 4.79 Å². The van der Waals surface area contributed by atoms with E-state index in [1.165, 1.54) is 0 Å². The molecule has 0 unspecified atom stereocenters.